The lowest BCUT2D eigenvalue weighted by molar-refractivity contribution is 0.267. The number of hydrogen-bond acceptors (Lipinski definition) is 4. The maximum Gasteiger partial charge on any atom is 0.202 e. The van der Waals surface area contributed by atoms with Gasteiger partial charge >= 0.3 is 0 Å². The highest BCUT2D eigenvalue weighted by molar-refractivity contribution is 5.87. The molecule has 2 aromatic heterocycles. The summed E-state index contributed by atoms with van der Waals surface area (Å²) in [5.41, 5.74) is 2.45. The van der Waals surface area contributed by atoms with Crippen molar-refractivity contribution in [1.82, 2.24) is 5.16 Å². The van der Waals surface area contributed by atoms with Crippen molar-refractivity contribution < 1.29 is 14.0 Å². The van der Waals surface area contributed by atoms with Crippen LogP contribution < -0.4 is 0 Å². The number of benzene rings is 1. The predicted octanol–water partition coefficient (Wildman–Crippen LogP) is 3.14. The largest absolute Gasteiger partial charge is 0.452 e. The maximum absolute atomic E-state index is 9.01. The van der Waals surface area contributed by atoms with Crippen molar-refractivity contribution in [3.63, 3.8) is 0 Å². The van der Waals surface area contributed by atoms with Crippen molar-refractivity contribution in [2.75, 3.05) is 0 Å². The Morgan fingerprint density at radius 3 is 2.83 bits per heavy atom. The molecule has 4 nitrogen and oxygen atoms in total. The smallest absolute Gasteiger partial charge is 0.202 e. The average molecular weight is 243 g/mol. The Kier molecular flexibility index (Phi) is 2.64. The van der Waals surface area contributed by atoms with Crippen LogP contribution in [0, 0.1) is 0 Å². The summed E-state index contributed by atoms with van der Waals surface area (Å²) in [6.07, 6.45) is 0.849. The molecule has 0 aliphatic carbocycles. The molecule has 1 aromatic carbocycles. The molecule has 0 radical (unpaired) electrons. The second-order valence-corrected chi connectivity index (χ2v) is 4.10. The van der Waals surface area contributed by atoms with E-state index in [9.17, 15) is 0 Å². The van der Waals surface area contributed by atoms with E-state index in [-0.39, 0.29) is 6.61 Å². The topological polar surface area (TPSA) is 59.4 Å². The van der Waals surface area contributed by atoms with Gasteiger partial charge in [0.2, 0.25) is 5.76 Å². The summed E-state index contributed by atoms with van der Waals surface area (Å²) in [7, 11) is 0. The highest BCUT2D eigenvalue weighted by Crippen LogP contribution is 2.34. The zero-order chi connectivity index (χ0) is 12.5. The minimum Gasteiger partial charge on any atom is -0.452 e. The number of rotatable bonds is 3. The Morgan fingerprint density at radius 2 is 2.11 bits per heavy atom. The quantitative estimate of drug-likeness (QED) is 0.767. The zero-order valence-electron chi connectivity index (χ0n) is 10.0. The molecule has 0 spiro atoms. The van der Waals surface area contributed by atoms with Gasteiger partial charge in [-0.2, -0.15) is 0 Å². The Labute approximate surface area is 104 Å². The first-order chi connectivity index (χ1) is 8.83. The van der Waals surface area contributed by atoms with E-state index in [1.807, 2.05) is 24.3 Å². The number of aryl methyl sites for hydroxylation is 1. The lowest BCUT2D eigenvalue weighted by Crippen LogP contribution is -1.81. The van der Waals surface area contributed by atoms with Crippen LogP contribution in [0.1, 0.15) is 18.2 Å². The van der Waals surface area contributed by atoms with Crippen LogP contribution in [0.15, 0.2) is 39.3 Å². The minimum absolute atomic E-state index is 0.134. The Morgan fingerprint density at radius 1 is 1.28 bits per heavy atom. The van der Waals surface area contributed by atoms with E-state index in [1.54, 1.807) is 6.07 Å². The van der Waals surface area contributed by atoms with E-state index < -0.39 is 0 Å². The molecule has 0 saturated carbocycles. The van der Waals surface area contributed by atoms with Gasteiger partial charge in [-0.05, 0) is 12.5 Å². The number of fused-ring (bicyclic) bond motifs is 1. The summed E-state index contributed by atoms with van der Waals surface area (Å²) in [6, 6.07) is 9.59. The highest BCUT2D eigenvalue weighted by atomic mass is 16.5. The van der Waals surface area contributed by atoms with Gasteiger partial charge in [-0.15, -0.1) is 0 Å². The molecule has 0 aliphatic rings. The number of aliphatic hydroxyl groups excluding tert-OH is 1. The fourth-order valence-corrected chi connectivity index (χ4v) is 2.14. The molecule has 0 amide bonds. The summed E-state index contributed by atoms with van der Waals surface area (Å²) in [5, 5.41) is 13.9. The molecule has 18 heavy (non-hydrogen) atoms. The monoisotopic (exact) mass is 243 g/mol. The molecule has 92 valence electrons. The fourth-order valence-electron chi connectivity index (χ4n) is 2.14. The SMILES string of the molecule is CCc1c(-c2cc(CO)no2)oc2ccccc12. The van der Waals surface area contributed by atoms with Gasteiger partial charge in [-0.3, -0.25) is 0 Å². The third kappa shape index (κ3) is 1.62. The van der Waals surface area contributed by atoms with E-state index in [0.29, 0.717) is 17.2 Å². The first-order valence-corrected chi connectivity index (χ1v) is 5.90. The van der Waals surface area contributed by atoms with Crippen molar-refractivity contribution in [2.24, 2.45) is 0 Å². The normalized spacial score (nSPS) is 11.2. The number of aromatic nitrogens is 1. The van der Waals surface area contributed by atoms with Crippen LogP contribution in [0.3, 0.4) is 0 Å². The molecular weight excluding hydrogens is 230 g/mol. The maximum atomic E-state index is 9.01. The lowest BCUT2D eigenvalue weighted by Gasteiger charge is -1.94. The minimum atomic E-state index is -0.134. The summed E-state index contributed by atoms with van der Waals surface area (Å²) >= 11 is 0. The van der Waals surface area contributed by atoms with Crippen molar-refractivity contribution in [3.05, 3.63) is 41.6 Å². The zero-order valence-corrected chi connectivity index (χ0v) is 10.0. The van der Waals surface area contributed by atoms with Crippen molar-refractivity contribution in [2.45, 2.75) is 20.0 Å². The van der Waals surface area contributed by atoms with Gasteiger partial charge in [-0.25, -0.2) is 0 Å². The van der Waals surface area contributed by atoms with Crippen LogP contribution in [-0.2, 0) is 13.0 Å². The van der Waals surface area contributed by atoms with E-state index in [1.165, 1.54) is 0 Å². The van der Waals surface area contributed by atoms with Crippen molar-refractivity contribution in [1.29, 1.82) is 0 Å². The van der Waals surface area contributed by atoms with Gasteiger partial charge in [0.15, 0.2) is 5.76 Å². The second-order valence-electron chi connectivity index (χ2n) is 4.10. The first-order valence-electron chi connectivity index (χ1n) is 5.90. The highest BCUT2D eigenvalue weighted by Gasteiger charge is 2.17. The molecule has 0 atom stereocenters. The summed E-state index contributed by atoms with van der Waals surface area (Å²) < 4.78 is 11.0. The molecule has 2 heterocycles. The first kappa shape index (κ1) is 11.0. The standard InChI is InChI=1S/C14H13NO3/c1-2-10-11-5-3-4-6-12(11)17-14(10)13-7-9(8-16)15-18-13/h3-7,16H,2,8H2,1H3. The molecular formula is C14H13NO3. The van der Waals surface area contributed by atoms with Crippen LogP contribution >= 0.6 is 0 Å². The Hall–Kier alpha value is -2.07. The van der Waals surface area contributed by atoms with E-state index in [2.05, 4.69) is 12.1 Å². The third-order valence-corrected chi connectivity index (χ3v) is 3.00. The number of hydrogen-bond donors (Lipinski definition) is 1. The molecule has 0 bridgehead atoms. The fraction of sp³-hybridized carbons (Fsp3) is 0.214. The molecule has 4 heteroatoms. The molecule has 1 N–H and O–H groups in total. The Balaban J connectivity index is 2.21. The van der Waals surface area contributed by atoms with Crippen LogP contribution in [0.25, 0.3) is 22.5 Å². The average Bonchev–Trinajstić information content (AvgIpc) is 3.02. The number of furan rings is 1. The van der Waals surface area contributed by atoms with Gasteiger partial charge < -0.3 is 14.0 Å². The summed E-state index contributed by atoms with van der Waals surface area (Å²) in [4.78, 5) is 0. The van der Waals surface area contributed by atoms with Gasteiger partial charge in [0.25, 0.3) is 0 Å². The van der Waals surface area contributed by atoms with Crippen molar-refractivity contribution in [3.8, 4) is 11.5 Å². The van der Waals surface area contributed by atoms with Crippen LogP contribution in [0.4, 0.5) is 0 Å². The third-order valence-electron chi connectivity index (χ3n) is 3.00. The molecule has 3 aromatic rings. The molecule has 3 rings (SSSR count). The van der Waals surface area contributed by atoms with Crippen molar-refractivity contribution >= 4 is 11.0 Å². The van der Waals surface area contributed by atoms with E-state index in [0.717, 1.165) is 23.0 Å². The summed E-state index contributed by atoms with van der Waals surface area (Å²) in [5.74, 6) is 1.26. The predicted molar refractivity (Wildman–Crippen MR) is 67.0 cm³/mol. The van der Waals surface area contributed by atoms with Gasteiger partial charge in [0.1, 0.15) is 11.3 Å². The van der Waals surface area contributed by atoms with Gasteiger partial charge in [0, 0.05) is 17.0 Å². The molecule has 0 saturated heterocycles. The van der Waals surface area contributed by atoms with Gasteiger partial charge in [-0.1, -0.05) is 30.3 Å². The number of nitrogens with zero attached hydrogens (tertiary/aromatic N) is 1. The van der Waals surface area contributed by atoms with Gasteiger partial charge in [0.05, 0.1) is 6.61 Å². The lowest BCUT2D eigenvalue weighted by atomic mass is 10.1. The molecule has 0 fully saturated rings. The second kappa shape index (κ2) is 4.31. The van der Waals surface area contributed by atoms with E-state index in [4.69, 9.17) is 14.0 Å². The van der Waals surface area contributed by atoms with Crippen LogP contribution in [-0.4, -0.2) is 10.3 Å². The Bertz CT molecular complexity index is 681. The number of para-hydroxylation sites is 1. The number of aliphatic hydroxyl groups is 1. The van der Waals surface area contributed by atoms with E-state index >= 15 is 0 Å². The molecule has 0 unspecified atom stereocenters. The summed E-state index contributed by atoms with van der Waals surface area (Å²) in [6.45, 7) is 1.94. The van der Waals surface area contributed by atoms with Crippen LogP contribution in [0.5, 0.6) is 0 Å². The van der Waals surface area contributed by atoms with Crippen LogP contribution in [0.2, 0.25) is 0 Å². The molecule has 0 aliphatic heterocycles.